The maximum Gasteiger partial charge on any atom is 0.326 e. The quantitative estimate of drug-likeness (QED) is 0.274. The largest absolute Gasteiger partial charge is 0.326 e. The van der Waals surface area contributed by atoms with Gasteiger partial charge in [-0.1, -0.05) is 20.8 Å². The fraction of sp³-hybridized carbons (Fsp3) is 0.462. The minimum atomic E-state index is -0.0414. The molecular weight excluding hydrogens is 226 g/mol. The minimum absolute atomic E-state index is 0.00293. The van der Waals surface area contributed by atoms with Gasteiger partial charge in [-0.25, -0.2) is 0 Å². The Morgan fingerprint density at radius 1 is 1.44 bits per heavy atom. The van der Waals surface area contributed by atoms with Crippen molar-refractivity contribution >= 4 is 11.6 Å². The second-order valence-corrected chi connectivity index (χ2v) is 5.26. The van der Waals surface area contributed by atoms with E-state index in [2.05, 4.69) is 37.3 Å². The predicted molar refractivity (Wildman–Crippen MR) is 71.8 cm³/mol. The Labute approximate surface area is 108 Å². The van der Waals surface area contributed by atoms with E-state index in [0.29, 0.717) is 5.96 Å². The molecule has 0 aliphatic heterocycles. The van der Waals surface area contributed by atoms with Gasteiger partial charge in [0.2, 0.25) is 0 Å². The molecule has 1 aromatic rings. The van der Waals surface area contributed by atoms with Crippen LogP contribution >= 0.6 is 0 Å². The van der Waals surface area contributed by atoms with E-state index in [4.69, 9.17) is 5.73 Å². The van der Waals surface area contributed by atoms with E-state index in [0.717, 1.165) is 5.69 Å². The number of aromatic nitrogens is 1. The monoisotopic (exact) mass is 246 g/mol. The third kappa shape index (κ3) is 3.45. The van der Waals surface area contributed by atoms with E-state index in [1.807, 2.05) is 6.92 Å². The molecule has 1 unspecified atom stereocenters. The van der Waals surface area contributed by atoms with Crippen molar-refractivity contribution in [3.05, 3.63) is 24.5 Å². The first-order chi connectivity index (χ1) is 8.36. The summed E-state index contributed by atoms with van der Waals surface area (Å²) in [6, 6.07) is 3.59. The van der Waals surface area contributed by atoms with Crippen molar-refractivity contribution in [1.82, 2.24) is 4.98 Å². The van der Waals surface area contributed by atoms with Gasteiger partial charge in [0.1, 0.15) is 0 Å². The van der Waals surface area contributed by atoms with E-state index < -0.39 is 0 Å². The Hall–Kier alpha value is -2.09. The van der Waals surface area contributed by atoms with Crippen LogP contribution in [-0.4, -0.2) is 21.6 Å². The third-order valence-electron chi connectivity index (χ3n) is 2.96. The van der Waals surface area contributed by atoms with Gasteiger partial charge in [-0.15, -0.1) is 0 Å². The van der Waals surface area contributed by atoms with Crippen molar-refractivity contribution in [2.24, 2.45) is 11.1 Å². The van der Waals surface area contributed by atoms with Crippen molar-refractivity contribution < 1.29 is 4.58 Å². The molecule has 3 N–H and O–H groups in total. The Morgan fingerprint density at radius 2 is 2.00 bits per heavy atom. The summed E-state index contributed by atoms with van der Waals surface area (Å²) < 4.78 is 1.49. The summed E-state index contributed by atoms with van der Waals surface area (Å²) >= 11 is 0. The number of rotatable bonds is 2. The number of hydrogen-bond acceptors (Lipinski definition) is 2. The highest BCUT2D eigenvalue weighted by Crippen LogP contribution is 2.21. The molecule has 5 heteroatoms. The maximum atomic E-state index is 9.23. The SMILES string of the molecule is CC([N+](C#N)=C(N)Nc1ccncc1)C(C)(C)C. The molecule has 0 aromatic carbocycles. The van der Waals surface area contributed by atoms with Gasteiger partial charge in [-0.2, -0.15) is 4.58 Å². The van der Waals surface area contributed by atoms with Crippen LogP contribution in [-0.2, 0) is 0 Å². The summed E-state index contributed by atoms with van der Waals surface area (Å²) in [6.07, 6.45) is 5.45. The molecule has 0 aliphatic rings. The molecule has 0 radical (unpaired) electrons. The molecule has 0 amide bonds. The van der Waals surface area contributed by atoms with Crippen LogP contribution in [0.5, 0.6) is 0 Å². The number of guanidine groups is 1. The van der Waals surface area contributed by atoms with Crippen LogP contribution in [0.4, 0.5) is 5.69 Å². The molecule has 0 spiro atoms. The van der Waals surface area contributed by atoms with Crippen molar-refractivity contribution in [3.8, 4) is 6.19 Å². The Morgan fingerprint density at radius 3 is 2.44 bits per heavy atom. The molecule has 1 heterocycles. The molecule has 0 bridgehead atoms. The lowest BCUT2D eigenvalue weighted by atomic mass is 9.88. The fourth-order valence-electron chi connectivity index (χ4n) is 1.38. The lowest BCUT2D eigenvalue weighted by molar-refractivity contribution is -0.498. The molecule has 1 rings (SSSR count). The Balaban J connectivity index is 2.99. The Kier molecular flexibility index (Phi) is 4.27. The number of anilines is 1. The van der Waals surface area contributed by atoms with Gasteiger partial charge in [0.25, 0.3) is 0 Å². The van der Waals surface area contributed by atoms with Crippen LogP contribution in [0.3, 0.4) is 0 Å². The lowest BCUT2D eigenvalue weighted by Gasteiger charge is -2.26. The third-order valence-corrected chi connectivity index (χ3v) is 2.96. The van der Waals surface area contributed by atoms with Crippen LogP contribution < -0.4 is 11.1 Å². The van der Waals surface area contributed by atoms with Crippen LogP contribution in [0.2, 0.25) is 0 Å². The zero-order valence-electron chi connectivity index (χ0n) is 11.3. The van der Waals surface area contributed by atoms with E-state index >= 15 is 0 Å². The predicted octanol–water partition coefficient (Wildman–Crippen LogP) is 1.74. The van der Waals surface area contributed by atoms with E-state index in [9.17, 15) is 5.26 Å². The normalized spacial score (nSPS) is 14.4. The summed E-state index contributed by atoms with van der Waals surface area (Å²) in [5.41, 5.74) is 6.71. The van der Waals surface area contributed by atoms with E-state index in [1.54, 1.807) is 24.5 Å². The summed E-state index contributed by atoms with van der Waals surface area (Å²) in [5.74, 6) is 0.325. The summed E-state index contributed by atoms with van der Waals surface area (Å²) in [5, 5.41) is 12.2. The second-order valence-electron chi connectivity index (χ2n) is 5.26. The molecule has 0 saturated carbocycles. The van der Waals surface area contributed by atoms with Gasteiger partial charge in [-0.05, 0) is 29.7 Å². The first kappa shape index (κ1) is 14.0. The highest BCUT2D eigenvalue weighted by atomic mass is 15.2. The zero-order valence-corrected chi connectivity index (χ0v) is 11.3. The highest BCUT2D eigenvalue weighted by molar-refractivity contribution is 5.88. The first-order valence-electron chi connectivity index (χ1n) is 5.84. The number of nitrogens with zero attached hydrogens (tertiary/aromatic N) is 3. The van der Waals surface area contributed by atoms with Gasteiger partial charge in [0.05, 0.1) is 11.7 Å². The number of pyridine rings is 1. The molecule has 1 atom stereocenters. The first-order valence-corrected chi connectivity index (χ1v) is 5.84. The zero-order chi connectivity index (χ0) is 13.8. The molecule has 0 fully saturated rings. The molecule has 1 aromatic heterocycles. The molecular formula is C13H20N5+. The second kappa shape index (κ2) is 5.50. The average Bonchev–Trinajstić information content (AvgIpc) is 2.29. The van der Waals surface area contributed by atoms with Gasteiger partial charge in [0.15, 0.2) is 0 Å². The van der Waals surface area contributed by atoms with Gasteiger partial charge < -0.3 is 5.73 Å². The molecule has 0 aliphatic carbocycles. The summed E-state index contributed by atoms with van der Waals surface area (Å²) in [4.78, 5) is 3.92. The molecule has 18 heavy (non-hydrogen) atoms. The van der Waals surface area contributed by atoms with Crippen molar-refractivity contribution in [1.29, 1.82) is 5.26 Å². The van der Waals surface area contributed by atoms with Crippen LogP contribution in [0.1, 0.15) is 27.7 Å². The fourth-order valence-corrected chi connectivity index (χ4v) is 1.38. The van der Waals surface area contributed by atoms with Crippen molar-refractivity contribution in [2.45, 2.75) is 33.7 Å². The smallest absolute Gasteiger partial charge is 0.309 e. The van der Waals surface area contributed by atoms with Gasteiger partial charge in [0, 0.05) is 12.4 Å². The van der Waals surface area contributed by atoms with Crippen molar-refractivity contribution in [3.63, 3.8) is 0 Å². The van der Waals surface area contributed by atoms with Crippen LogP contribution in [0.25, 0.3) is 0 Å². The van der Waals surface area contributed by atoms with Crippen LogP contribution in [0, 0.1) is 16.9 Å². The summed E-state index contributed by atoms with van der Waals surface area (Å²) in [6.45, 7) is 8.19. The number of nitrogens with two attached hydrogens (primary N) is 1. The molecule has 0 saturated heterocycles. The highest BCUT2D eigenvalue weighted by Gasteiger charge is 2.27. The minimum Gasteiger partial charge on any atom is -0.309 e. The molecule has 5 nitrogen and oxygen atoms in total. The van der Waals surface area contributed by atoms with E-state index in [1.165, 1.54) is 4.58 Å². The molecule has 96 valence electrons. The van der Waals surface area contributed by atoms with Gasteiger partial charge >= 0.3 is 12.2 Å². The lowest BCUT2D eigenvalue weighted by Crippen LogP contribution is -2.42. The topological polar surface area (TPSA) is 77.7 Å². The Bertz CT molecular complexity index is 464. The summed E-state index contributed by atoms with van der Waals surface area (Å²) in [7, 11) is 0. The standard InChI is InChI=1S/C13H19N5/c1-10(13(2,3)4)18(9-14)12(15)17-11-5-7-16-8-6-11/h5-8,10H,1-4H3,(H2,15,16,17)/p+1. The number of hydrogen-bond donors (Lipinski definition) is 2. The van der Waals surface area contributed by atoms with Crippen molar-refractivity contribution in [2.75, 3.05) is 5.32 Å². The maximum absolute atomic E-state index is 9.23. The van der Waals surface area contributed by atoms with Crippen LogP contribution in [0.15, 0.2) is 24.5 Å². The number of nitrogens with one attached hydrogen (secondary N) is 1. The van der Waals surface area contributed by atoms with E-state index in [-0.39, 0.29) is 11.5 Å². The number of nitriles is 1. The average molecular weight is 246 g/mol. The van der Waals surface area contributed by atoms with Gasteiger partial charge in [-0.3, -0.25) is 10.3 Å².